The SMILES string of the molecule is Cn1c(C(C)(C)N)nc2ccc(C(F)(F)F)cc21. The van der Waals surface area contributed by atoms with Gasteiger partial charge in [0.2, 0.25) is 0 Å². The minimum atomic E-state index is -4.35. The molecule has 0 saturated heterocycles. The van der Waals surface area contributed by atoms with E-state index >= 15 is 0 Å². The highest BCUT2D eigenvalue weighted by atomic mass is 19.4. The molecule has 0 radical (unpaired) electrons. The smallest absolute Gasteiger partial charge is 0.330 e. The highest BCUT2D eigenvalue weighted by molar-refractivity contribution is 5.77. The fourth-order valence-corrected chi connectivity index (χ4v) is 1.94. The van der Waals surface area contributed by atoms with E-state index in [1.54, 1.807) is 25.5 Å². The van der Waals surface area contributed by atoms with Crippen molar-refractivity contribution in [1.82, 2.24) is 9.55 Å². The molecule has 1 heterocycles. The molecule has 18 heavy (non-hydrogen) atoms. The molecule has 0 bridgehead atoms. The van der Waals surface area contributed by atoms with Crippen LogP contribution in [0.25, 0.3) is 11.0 Å². The Morgan fingerprint density at radius 3 is 2.33 bits per heavy atom. The lowest BCUT2D eigenvalue weighted by molar-refractivity contribution is -0.137. The number of hydrogen-bond acceptors (Lipinski definition) is 2. The van der Waals surface area contributed by atoms with Crippen LogP contribution in [0.2, 0.25) is 0 Å². The molecule has 0 fully saturated rings. The van der Waals surface area contributed by atoms with Gasteiger partial charge in [-0.1, -0.05) is 0 Å². The highest BCUT2D eigenvalue weighted by Crippen LogP contribution is 2.32. The third-order valence-electron chi connectivity index (χ3n) is 2.78. The Hall–Kier alpha value is -1.56. The number of hydrogen-bond donors (Lipinski definition) is 1. The summed E-state index contributed by atoms with van der Waals surface area (Å²) in [6, 6.07) is 3.49. The first-order valence-electron chi connectivity index (χ1n) is 5.44. The van der Waals surface area contributed by atoms with Crippen LogP contribution in [0.15, 0.2) is 18.2 Å². The van der Waals surface area contributed by atoms with Crippen molar-refractivity contribution in [1.29, 1.82) is 0 Å². The van der Waals surface area contributed by atoms with Crippen LogP contribution in [0.4, 0.5) is 13.2 Å². The summed E-state index contributed by atoms with van der Waals surface area (Å²) in [5.74, 6) is 0.553. The van der Waals surface area contributed by atoms with Crippen molar-refractivity contribution in [2.45, 2.75) is 25.6 Å². The molecule has 0 aliphatic heterocycles. The van der Waals surface area contributed by atoms with E-state index in [0.717, 1.165) is 12.1 Å². The zero-order valence-electron chi connectivity index (χ0n) is 10.3. The van der Waals surface area contributed by atoms with Gasteiger partial charge in [-0.15, -0.1) is 0 Å². The second-order valence-corrected chi connectivity index (χ2v) is 4.92. The molecule has 0 saturated carbocycles. The lowest BCUT2D eigenvalue weighted by atomic mass is 10.1. The van der Waals surface area contributed by atoms with Crippen LogP contribution >= 0.6 is 0 Å². The van der Waals surface area contributed by atoms with E-state index in [0.29, 0.717) is 16.9 Å². The third-order valence-corrected chi connectivity index (χ3v) is 2.78. The Balaban J connectivity index is 2.68. The molecule has 98 valence electrons. The van der Waals surface area contributed by atoms with E-state index in [2.05, 4.69) is 4.98 Å². The van der Waals surface area contributed by atoms with Crippen molar-refractivity contribution in [3.05, 3.63) is 29.6 Å². The molecule has 0 spiro atoms. The fourth-order valence-electron chi connectivity index (χ4n) is 1.94. The van der Waals surface area contributed by atoms with E-state index in [1.165, 1.54) is 6.07 Å². The van der Waals surface area contributed by atoms with Crippen molar-refractivity contribution in [3.8, 4) is 0 Å². The van der Waals surface area contributed by atoms with E-state index in [4.69, 9.17) is 5.73 Å². The zero-order chi connectivity index (χ0) is 13.7. The number of halogens is 3. The molecule has 2 rings (SSSR count). The summed E-state index contributed by atoms with van der Waals surface area (Å²) >= 11 is 0. The van der Waals surface area contributed by atoms with Gasteiger partial charge in [0, 0.05) is 7.05 Å². The number of rotatable bonds is 1. The molecule has 0 atom stereocenters. The van der Waals surface area contributed by atoms with Crippen molar-refractivity contribution < 1.29 is 13.2 Å². The molecule has 1 aromatic heterocycles. The van der Waals surface area contributed by atoms with Gasteiger partial charge in [0.15, 0.2) is 0 Å². The Kier molecular flexibility index (Phi) is 2.66. The van der Waals surface area contributed by atoms with Gasteiger partial charge in [0.05, 0.1) is 22.1 Å². The van der Waals surface area contributed by atoms with Crippen molar-refractivity contribution >= 4 is 11.0 Å². The second kappa shape index (κ2) is 3.71. The van der Waals surface area contributed by atoms with Gasteiger partial charge in [-0.3, -0.25) is 0 Å². The predicted octanol–water partition coefficient (Wildman–Crippen LogP) is 2.79. The predicted molar refractivity (Wildman–Crippen MR) is 62.9 cm³/mol. The molecule has 0 aliphatic carbocycles. The van der Waals surface area contributed by atoms with Crippen LogP contribution in [0.1, 0.15) is 25.2 Å². The van der Waals surface area contributed by atoms with Crippen molar-refractivity contribution in [2.24, 2.45) is 12.8 Å². The maximum Gasteiger partial charge on any atom is 0.416 e. The minimum Gasteiger partial charge on any atom is -0.330 e. The molecular formula is C12H14F3N3. The van der Waals surface area contributed by atoms with Crippen LogP contribution in [0.3, 0.4) is 0 Å². The van der Waals surface area contributed by atoms with Crippen LogP contribution in [0, 0.1) is 0 Å². The summed E-state index contributed by atoms with van der Waals surface area (Å²) in [6.45, 7) is 3.53. The molecule has 6 heteroatoms. The van der Waals surface area contributed by atoms with Gasteiger partial charge in [-0.2, -0.15) is 13.2 Å². The van der Waals surface area contributed by atoms with Crippen LogP contribution in [0.5, 0.6) is 0 Å². The zero-order valence-corrected chi connectivity index (χ0v) is 10.3. The van der Waals surface area contributed by atoms with E-state index in [1.807, 2.05) is 0 Å². The summed E-state index contributed by atoms with van der Waals surface area (Å²) in [7, 11) is 1.67. The summed E-state index contributed by atoms with van der Waals surface area (Å²) in [6.07, 6.45) is -4.35. The number of alkyl halides is 3. The first-order chi connectivity index (χ1) is 8.10. The maximum atomic E-state index is 12.6. The van der Waals surface area contributed by atoms with Gasteiger partial charge in [-0.05, 0) is 32.0 Å². The number of aryl methyl sites for hydroxylation is 1. The van der Waals surface area contributed by atoms with E-state index in [9.17, 15) is 13.2 Å². The Morgan fingerprint density at radius 2 is 1.83 bits per heavy atom. The number of aromatic nitrogens is 2. The average Bonchev–Trinajstić information content (AvgIpc) is 2.54. The van der Waals surface area contributed by atoms with Crippen LogP contribution in [-0.4, -0.2) is 9.55 Å². The quantitative estimate of drug-likeness (QED) is 0.853. The number of fused-ring (bicyclic) bond motifs is 1. The second-order valence-electron chi connectivity index (χ2n) is 4.92. The molecule has 0 unspecified atom stereocenters. The summed E-state index contributed by atoms with van der Waals surface area (Å²) in [4.78, 5) is 4.28. The maximum absolute atomic E-state index is 12.6. The topological polar surface area (TPSA) is 43.8 Å². The molecular weight excluding hydrogens is 243 g/mol. The first-order valence-corrected chi connectivity index (χ1v) is 5.44. The molecule has 1 aromatic carbocycles. The summed E-state index contributed by atoms with van der Waals surface area (Å²) in [5, 5.41) is 0. The Bertz CT molecular complexity index is 591. The lowest BCUT2D eigenvalue weighted by Crippen LogP contribution is -2.32. The van der Waals surface area contributed by atoms with Crippen LogP contribution < -0.4 is 5.73 Å². The Labute approximate surface area is 102 Å². The lowest BCUT2D eigenvalue weighted by Gasteiger charge is -2.17. The average molecular weight is 257 g/mol. The van der Waals surface area contributed by atoms with Crippen molar-refractivity contribution in [2.75, 3.05) is 0 Å². The van der Waals surface area contributed by atoms with Gasteiger partial charge in [0.25, 0.3) is 0 Å². The number of nitrogens with two attached hydrogens (primary N) is 1. The minimum absolute atomic E-state index is 0.429. The molecule has 0 amide bonds. The van der Waals surface area contributed by atoms with Gasteiger partial charge >= 0.3 is 6.18 Å². The fraction of sp³-hybridized carbons (Fsp3) is 0.417. The van der Waals surface area contributed by atoms with Gasteiger partial charge in [-0.25, -0.2) is 4.98 Å². The molecule has 0 aliphatic rings. The third kappa shape index (κ3) is 2.08. The summed E-state index contributed by atoms with van der Waals surface area (Å²) in [5.41, 5.74) is 5.50. The van der Waals surface area contributed by atoms with Gasteiger partial charge in [0.1, 0.15) is 5.82 Å². The largest absolute Gasteiger partial charge is 0.416 e. The first kappa shape index (κ1) is 12.9. The van der Waals surface area contributed by atoms with E-state index in [-0.39, 0.29) is 0 Å². The molecule has 3 nitrogen and oxygen atoms in total. The highest BCUT2D eigenvalue weighted by Gasteiger charge is 2.31. The number of nitrogens with zero attached hydrogens (tertiary/aromatic N) is 2. The summed E-state index contributed by atoms with van der Waals surface area (Å²) < 4.78 is 39.5. The molecule has 2 N–H and O–H groups in total. The normalized spacial score (nSPS) is 13.3. The molecule has 2 aromatic rings. The van der Waals surface area contributed by atoms with E-state index < -0.39 is 17.3 Å². The monoisotopic (exact) mass is 257 g/mol. The Morgan fingerprint density at radius 1 is 1.22 bits per heavy atom. The number of imidazole rings is 1. The van der Waals surface area contributed by atoms with Gasteiger partial charge < -0.3 is 10.3 Å². The number of benzene rings is 1. The van der Waals surface area contributed by atoms with Crippen molar-refractivity contribution in [3.63, 3.8) is 0 Å². The standard InChI is InChI=1S/C12H14F3N3/c1-11(2,16)10-17-8-5-4-7(12(13,14)15)6-9(8)18(10)3/h4-6H,16H2,1-3H3. The van der Waals surface area contributed by atoms with Crippen LogP contribution in [-0.2, 0) is 18.8 Å².